The van der Waals surface area contributed by atoms with Gasteiger partial charge in [0.15, 0.2) is 0 Å². The lowest BCUT2D eigenvalue weighted by molar-refractivity contribution is 0.0928. The number of hydrogen-bond acceptors (Lipinski definition) is 3. The summed E-state index contributed by atoms with van der Waals surface area (Å²) in [4.78, 5) is 15.3. The summed E-state index contributed by atoms with van der Waals surface area (Å²) in [7, 11) is 5.78. The number of hydrogen-bond donors (Lipinski definition) is 1. The molecule has 4 nitrogen and oxygen atoms in total. The Labute approximate surface area is 192 Å². The van der Waals surface area contributed by atoms with Gasteiger partial charge in [-0.2, -0.15) is 0 Å². The van der Waals surface area contributed by atoms with Gasteiger partial charge in [0.1, 0.15) is 5.75 Å². The molecule has 4 heteroatoms. The van der Waals surface area contributed by atoms with Crippen LogP contribution in [0.15, 0.2) is 72.8 Å². The standard InChI is InChI=1S/C28H34N2O2/c1-5-22-13-10-16-26(27(22)32-4)23-14-9-15-24(19-23)28(31)29-25(20-30(2)3)18-17-21-11-7-6-8-12-21/h6-16,19,25H,5,17-18,20H2,1-4H3,(H,29,31)/t25-/m0/s1. The Morgan fingerprint density at radius 2 is 1.75 bits per heavy atom. The van der Waals surface area contributed by atoms with Crippen LogP contribution < -0.4 is 10.1 Å². The van der Waals surface area contributed by atoms with Gasteiger partial charge < -0.3 is 15.0 Å². The molecule has 0 heterocycles. The molecule has 0 bridgehead atoms. The van der Waals surface area contributed by atoms with Crippen LogP contribution in [-0.2, 0) is 12.8 Å². The summed E-state index contributed by atoms with van der Waals surface area (Å²) in [5.74, 6) is 0.832. The number of aryl methyl sites for hydroxylation is 2. The molecule has 0 saturated heterocycles. The zero-order chi connectivity index (χ0) is 22.9. The minimum absolute atomic E-state index is 0.0441. The molecule has 0 radical (unpaired) electrons. The molecule has 0 spiro atoms. The van der Waals surface area contributed by atoms with Crippen molar-refractivity contribution in [2.75, 3.05) is 27.7 Å². The molecule has 0 aromatic heterocycles. The number of carbonyl (C=O) groups is 1. The molecule has 0 aliphatic rings. The monoisotopic (exact) mass is 430 g/mol. The molecule has 0 unspecified atom stereocenters. The Kier molecular flexibility index (Phi) is 8.46. The van der Waals surface area contributed by atoms with Crippen molar-refractivity contribution in [1.82, 2.24) is 10.2 Å². The first-order valence-corrected chi connectivity index (χ1v) is 11.3. The van der Waals surface area contributed by atoms with Crippen LogP contribution in [-0.4, -0.2) is 44.6 Å². The minimum Gasteiger partial charge on any atom is -0.496 e. The second-order valence-corrected chi connectivity index (χ2v) is 8.39. The van der Waals surface area contributed by atoms with Gasteiger partial charge >= 0.3 is 0 Å². The van der Waals surface area contributed by atoms with Crippen LogP contribution in [0.5, 0.6) is 5.75 Å². The average Bonchev–Trinajstić information content (AvgIpc) is 2.82. The maximum Gasteiger partial charge on any atom is 0.251 e. The average molecular weight is 431 g/mol. The van der Waals surface area contributed by atoms with Crippen LogP contribution in [0.25, 0.3) is 11.1 Å². The molecule has 0 aliphatic heterocycles. The number of para-hydroxylation sites is 1. The highest BCUT2D eigenvalue weighted by Crippen LogP contribution is 2.33. The summed E-state index contributed by atoms with van der Waals surface area (Å²) in [6, 6.07) is 24.4. The van der Waals surface area contributed by atoms with Gasteiger partial charge in [-0.15, -0.1) is 0 Å². The number of nitrogens with one attached hydrogen (secondary N) is 1. The van der Waals surface area contributed by atoms with Crippen LogP contribution in [0.2, 0.25) is 0 Å². The number of rotatable bonds is 10. The fourth-order valence-electron chi connectivity index (χ4n) is 4.06. The third-order valence-corrected chi connectivity index (χ3v) is 5.66. The van der Waals surface area contributed by atoms with E-state index in [9.17, 15) is 4.79 Å². The highest BCUT2D eigenvalue weighted by Gasteiger charge is 2.17. The van der Waals surface area contributed by atoms with E-state index < -0.39 is 0 Å². The van der Waals surface area contributed by atoms with Crippen molar-refractivity contribution in [3.63, 3.8) is 0 Å². The van der Waals surface area contributed by atoms with Gasteiger partial charge in [-0.3, -0.25) is 4.79 Å². The summed E-state index contributed by atoms with van der Waals surface area (Å²) >= 11 is 0. The molecule has 0 saturated carbocycles. The molecule has 3 rings (SSSR count). The van der Waals surface area contributed by atoms with Gasteiger partial charge in [-0.05, 0) is 62.2 Å². The van der Waals surface area contributed by atoms with Gasteiger partial charge in [-0.25, -0.2) is 0 Å². The van der Waals surface area contributed by atoms with Gasteiger partial charge in [0, 0.05) is 23.7 Å². The van der Waals surface area contributed by atoms with E-state index in [1.807, 2.05) is 56.6 Å². The van der Waals surface area contributed by atoms with Crippen LogP contribution in [0.1, 0.15) is 34.8 Å². The van der Waals surface area contributed by atoms with Crippen molar-refractivity contribution >= 4 is 5.91 Å². The lowest BCUT2D eigenvalue weighted by atomic mass is 9.98. The number of ether oxygens (including phenoxy) is 1. The highest BCUT2D eigenvalue weighted by atomic mass is 16.5. The maximum absolute atomic E-state index is 13.1. The van der Waals surface area contributed by atoms with Crippen molar-refractivity contribution in [1.29, 1.82) is 0 Å². The number of nitrogens with zero attached hydrogens (tertiary/aromatic N) is 1. The van der Waals surface area contributed by atoms with E-state index in [4.69, 9.17) is 4.74 Å². The first-order valence-electron chi connectivity index (χ1n) is 11.3. The molecule has 1 N–H and O–H groups in total. The summed E-state index contributed by atoms with van der Waals surface area (Å²) in [6.07, 6.45) is 2.71. The highest BCUT2D eigenvalue weighted by molar-refractivity contribution is 5.96. The lowest BCUT2D eigenvalue weighted by Gasteiger charge is -2.23. The fourth-order valence-corrected chi connectivity index (χ4v) is 4.06. The first-order chi connectivity index (χ1) is 15.5. The van der Waals surface area contributed by atoms with Gasteiger partial charge in [-0.1, -0.05) is 67.6 Å². The van der Waals surface area contributed by atoms with Crippen LogP contribution >= 0.6 is 0 Å². The molecule has 32 heavy (non-hydrogen) atoms. The van der Waals surface area contributed by atoms with E-state index in [1.54, 1.807) is 7.11 Å². The van der Waals surface area contributed by atoms with E-state index in [1.165, 1.54) is 5.56 Å². The first kappa shape index (κ1) is 23.6. The SMILES string of the molecule is CCc1cccc(-c2cccc(C(=O)N[C@@H](CCc3ccccc3)CN(C)C)c2)c1OC. The lowest BCUT2D eigenvalue weighted by Crippen LogP contribution is -2.42. The molecule has 168 valence electrons. The summed E-state index contributed by atoms with van der Waals surface area (Å²) in [5, 5.41) is 3.25. The topological polar surface area (TPSA) is 41.6 Å². The van der Waals surface area contributed by atoms with Crippen LogP contribution in [0, 0.1) is 0 Å². The summed E-state index contributed by atoms with van der Waals surface area (Å²) < 4.78 is 5.70. The van der Waals surface area contributed by atoms with E-state index in [0.29, 0.717) is 5.56 Å². The number of amides is 1. The van der Waals surface area contributed by atoms with Crippen LogP contribution in [0.3, 0.4) is 0 Å². The number of methoxy groups -OCH3 is 1. The smallest absolute Gasteiger partial charge is 0.251 e. The Bertz CT molecular complexity index is 1010. The second-order valence-electron chi connectivity index (χ2n) is 8.39. The molecular formula is C28H34N2O2. The van der Waals surface area contributed by atoms with E-state index >= 15 is 0 Å². The third-order valence-electron chi connectivity index (χ3n) is 5.66. The van der Waals surface area contributed by atoms with Crippen LogP contribution in [0.4, 0.5) is 0 Å². The quantitative estimate of drug-likeness (QED) is 0.480. The Morgan fingerprint density at radius 1 is 1.00 bits per heavy atom. The third kappa shape index (κ3) is 6.21. The van der Waals surface area contributed by atoms with Crippen molar-refractivity contribution in [2.24, 2.45) is 0 Å². The molecule has 3 aromatic rings. The number of benzene rings is 3. The predicted octanol–water partition coefficient (Wildman–Crippen LogP) is 5.22. The van der Waals surface area contributed by atoms with Crippen molar-refractivity contribution in [2.45, 2.75) is 32.2 Å². The van der Waals surface area contributed by atoms with Crippen molar-refractivity contribution in [3.05, 3.63) is 89.5 Å². The Morgan fingerprint density at radius 3 is 2.44 bits per heavy atom. The molecule has 0 aliphatic carbocycles. The maximum atomic E-state index is 13.1. The zero-order valence-corrected chi connectivity index (χ0v) is 19.6. The zero-order valence-electron chi connectivity index (χ0n) is 19.6. The number of likely N-dealkylation sites (N-methyl/N-ethyl adjacent to an activating group) is 1. The second kappa shape index (κ2) is 11.5. The van der Waals surface area contributed by atoms with Crippen molar-refractivity contribution in [3.8, 4) is 16.9 Å². The normalized spacial score (nSPS) is 11.9. The molecular weight excluding hydrogens is 396 g/mol. The number of carbonyl (C=O) groups excluding carboxylic acids is 1. The summed E-state index contributed by atoms with van der Waals surface area (Å²) in [6.45, 7) is 2.91. The Balaban J connectivity index is 1.78. The largest absolute Gasteiger partial charge is 0.496 e. The molecule has 1 atom stereocenters. The summed E-state index contributed by atoms with van der Waals surface area (Å²) in [5.41, 5.74) is 5.10. The van der Waals surface area contributed by atoms with Crippen molar-refractivity contribution < 1.29 is 9.53 Å². The van der Waals surface area contributed by atoms with E-state index in [-0.39, 0.29) is 11.9 Å². The van der Waals surface area contributed by atoms with Gasteiger partial charge in [0.05, 0.1) is 7.11 Å². The predicted molar refractivity (Wildman–Crippen MR) is 132 cm³/mol. The minimum atomic E-state index is -0.0441. The van der Waals surface area contributed by atoms with Gasteiger partial charge in [0.25, 0.3) is 5.91 Å². The molecule has 1 amide bonds. The molecule has 0 fully saturated rings. The Hall–Kier alpha value is -3.11. The van der Waals surface area contributed by atoms with E-state index in [2.05, 4.69) is 47.5 Å². The van der Waals surface area contributed by atoms with Gasteiger partial charge in [0.2, 0.25) is 0 Å². The molecule has 3 aromatic carbocycles. The van der Waals surface area contributed by atoms with E-state index in [0.717, 1.165) is 48.2 Å². The fraction of sp³-hybridized carbons (Fsp3) is 0.321.